The first-order chi connectivity index (χ1) is 9.57. The van der Waals surface area contributed by atoms with Gasteiger partial charge in [-0.3, -0.25) is 4.79 Å². The summed E-state index contributed by atoms with van der Waals surface area (Å²) >= 11 is 0. The van der Waals surface area contributed by atoms with Crippen molar-refractivity contribution in [3.63, 3.8) is 0 Å². The minimum absolute atomic E-state index is 0.141. The Morgan fingerprint density at radius 1 is 1.15 bits per heavy atom. The minimum atomic E-state index is -0.647. The van der Waals surface area contributed by atoms with Crippen molar-refractivity contribution >= 4 is 5.91 Å². The summed E-state index contributed by atoms with van der Waals surface area (Å²) in [6.45, 7) is 2.74. The molecule has 0 aromatic rings. The number of rotatable bonds is 4. The number of aliphatic hydroxyl groups is 1. The van der Waals surface area contributed by atoms with Crippen molar-refractivity contribution in [2.75, 3.05) is 6.54 Å². The summed E-state index contributed by atoms with van der Waals surface area (Å²) in [6, 6.07) is 0. The zero-order chi connectivity index (χ0) is 14.4. The molecule has 20 heavy (non-hydrogen) atoms. The summed E-state index contributed by atoms with van der Waals surface area (Å²) < 4.78 is 0. The molecule has 0 unspecified atom stereocenters. The van der Waals surface area contributed by atoms with Crippen LogP contribution in [0.3, 0.4) is 0 Å². The van der Waals surface area contributed by atoms with E-state index in [0.29, 0.717) is 18.9 Å². The molecule has 116 valence electrons. The molecule has 0 aromatic carbocycles. The molecular formula is C17H31NO2. The number of hydrogen-bond acceptors (Lipinski definition) is 2. The van der Waals surface area contributed by atoms with E-state index in [4.69, 9.17) is 0 Å². The van der Waals surface area contributed by atoms with Crippen LogP contribution < -0.4 is 5.32 Å². The molecule has 2 aliphatic carbocycles. The van der Waals surface area contributed by atoms with Crippen LogP contribution in [0, 0.1) is 11.8 Å². The molecular weight excluding hydrogens is 250 g/mol. The molecule has 0 bridgehead atoms. The van der Waals surface area contributed by atoms with E-state index >= 15 is 0 Å². The highest BCUT2D eigenvalue weighted by atomic mass is 16.3. The topological polar surface area (TPSA) is 49.3 Å². The van der Waals surface area contributed by atoms with Crippen LogP contribution in [0.15, 0.2) is 0 Å². The molecule has 0 aromatic heterocycles. The summed E-state index contributed by atoms with van der Waals surface area (Å²) in [6.07, 6.45) is 11.9. The van der Waals surface area contributed by atoms with E-state index in [2.05, 4.69) is 12.2 Å². The Labute approximate surface area is 123 Å². The number of hydrogen-bond donors (Lipinski definition) is 2. The van der Waals surface area contributed by atoms with Gasteiger partial charge in [0.2, 0.25) is 5.91 Å². The molecule has 2 aliphatic rings. The molecule has 1 amide bonds. The van der Waals surface area contributed by atoms with Gasteiger partial charge in [-0.15, -0.1) is 0 Å². The van der Waals surface area contributed by atoms with Crippen LogP contribution in [0.4, 0.5) is 0 Å². The second-order valence-electron chi connectivity index (χ2n) is 7.26. The Morgan fingerprint density at radius 2 is 1.85 bits per heavy atom. The smallest absolute Gasteiger partial charge is 0.220 e. The Bertz CT molecular complexity index is 308. The molecule has 2 atom stereocenters. The van der Waals surface area contributed by atoms with Gasteiger partial charge >= 0.3 is 0 Å². The van der Waals surface area contributed by atoms with E-state index in [1.807, 2.05) is 0 Å². The first kappa shape index (κ1) is 15.8. The first-order valence-corrected chi connectivity index (χ1v) is 8.56. The van der Waals surface area contributed by atoms with Crippen LogP contribution >= 0.6 is 0 Å². The number of nitrogens with one attached hydrogen (secondary N) is 1. The molecule has 3 nitrogen and oxygen atoms in total. The molecule has 2 rings (SSSR count). The molecule has 3 heteroatoms. The highest BCUT2D eigenvalue weighted by Crippen LogP contribution is 2.31. The highest BCUT2D eigenvalue weighted by Gasteiger charge is 2.29. The van der Waals surface area contributed by atoms with Crippen LogP contribution in [0.1, 0.15) is 77.6 Å². The van der Waals surface area contributed by atoms with Gasteiger partial charge in [-0.2, -0.15) is 0 Å². The average Bonchev–Trinajstić information content (AvgIpc) is 2.62. The average molecular weight is 281 g/mol. The van der Waals surface area contributed by atoms with Crippen molar-refractivity contribution in [3.05, 3.63) is 0 Å². The van der Waals surface area contributed by atoms with E-state index in [9.17, 15) is 9.90 Å². The summed E-state index contributed by atoms with van der Waals surface area (Å²) in [5.41, 5.74) is -0.647. The molecule has 0 radical (unpaired) electrons. The van der Waals surface area contributed by atoms with Gasteiger partial charge < -0.3 is 10.4 Å². The molecule has 0 spiro atoms. The molecule has 2 N–H and O–H groups in total. The summed E-state index contributed by atoms with van der Waals surface area (Å²) in [7, 11) is 0. The van der Waals surface area contributed by atoms with Gasteiger partial charge in [0, 0.05) is 13.0 Å². The minimum Gasteiger partial charge on any atom is -0.388 e. The van der Waals surface area contributed by atoms with Crippen LogP contribution in [-0.2, 0) is 4.79 Å². The second-order valence-corrected chi connectivity index (χ2v) is 7.26. The molecule has 0 saturated heterocycles. The number of carbonyl (C=O) groups is 1. The predicted molar refractivity (Wildman–Crippen MR) is 81.4 cm³/mol. The third-order valence-corrected chi connectivity index (χ3v) is 5.17. The van der Waals surface area contributed by atoms with Gasteiger partial charge in [-0.25, -0.2) is 0 Å². The standard InChI is InChI=1S/C17H31NO2/c1-14-7-6-8-15(11-14)12-16(19)18-13-17(20)9-4-2-3-5-10-17/h14-15,20H,2-13H2,1H3,(H,18,19)/t14-,15-/m1/s1. The zero-order valence-corrected chi connectivity index (χ0v) is 13.0. The predicted octanol–water partition coefficient (Wildman–Crippen LogP) is 3.40. The van der Waals surface area contributed by atoms with Crippen molar-refractivity contribution in [1.82, 2.24) is 5.32 Å². The quantitative estimate of drug-likeness (QED) is 0.776. The lowest BCUT2D eigenvalue weighted by Gasteiger charge is -2.29. The maximum absolute atomic E-state index is 12.1. The fourth-order valence-electron chi connectivity index (χ4n) is 3.91. The van der Waals surface area contributed by atoms with E-state index in [-0.39, 0.29) is 5.91 Å². The Hall–Kier alpha value is -0.570. The fourth-order valence-corrected chi connectivity index (χ4v) is 3.91. The van der Waals surface area contributed by atoms with Crippen LogP contribution in [0.5, 0.6) is 0 Å². The maximum Gasteiger partial charge on any atom is 0.220 e. The Kier molecular flexibility index (Phi) is 5.88. The lowest BCUT2D eigenvalue weighted by atomic mass is 9.80. The Balaban J connectivity index is 1.71. The summed E-state index contributed by atoms with van der Waals surface area (Å²) in [5.74, 6) is 1.47. The largest absolute Gasteiger partial charge is 0.388 e. The van der Waals surface area contributed by atoms with Crippen molar-refractivity contribution in [2.45, 2.75) is 83.2 Å². The zero-order valence-electron chi connectivity index (χ0n) is 13.0. The van der Waals surface area contributed by atoms with Crippen molar-refractivity contribution in [2.24, 2.45) is 11.8 Å². The van der Waals surface area contributed by atoms with E-state index in [1.54, 1.807) is 0 Å². The van der Waals surface area contributed by atoms with E-state index in [0.717, 1.165) is 31.6 Å². The maximum atomic E-state index is 12.1. The van der Waals surface area contributed by atoms with Crippen molar-refractivity contribution in [1.29, 1.82) is 0 Å². The Morgan fingerprint density at radius 3 is 2.50 bits per heavy atom. The fraction of sp³-hybridized carbons (Fsp3) is 0.941. The lowest BCUT2D eigenvalue weighted by Crippen LogP contribution is -2.43. The lowest BCUT2D eigenvalue weighted by molar-refractivity contribution is -0.123. The third kappa shape index (κ3) is 5.08. The highest BCUT2D eigenvalue weighted by molar-refractivity contribution is 5.76. The third-order valence-electron chi connectivity index (χ3n) is 5.17. The van der Waals surface area contributed by atoms with Crippen molar-refractivity contribution < 1.29 is 9.90 Å². The number of carbonyl (C=O) groups excluding carboxylic acids is 1. The monoisotopic (exact) mass is 281 g/mol. The van der Waals surface area contributed by atoms with Crippen LogP contribution in [0.2, 0.25) is 0 Å². The van der Waals surface area contributed by atoms with Gasteiger partial charge in [0.05, 0.1) is 5.60 Å². The SMILES string of the molecule is C[C@@H]1CCC[C@@H](CC(=O)NCC2(O)CCCCCC2)C1. The van der Waals surface area contributed by atoms with Gasteiger partial charge in [0.1, 0.15) is 0 Å². The summed E-state index contributed by atoms with van der Waals surface area (Å²) in [5, 5.41) is 13.5. The van der Waals surface area contributed by atoms with Crippen LogP contribution in [-0.4, -0.2) is 23.2 Å². The normalized spacial score (nSPS) is 30.5. The second kappa shape index (κ2) is 7.44. The van der Waals surface area contributed by atoms with Gasteiger partial charge in [0.15, 0.2) is 0 Å². The van der Waals surface area contributed by atoms with Gasteiger partial charge in [0.25, 0.3) is 0 Å². The van der Waals surface area contributed by atoms with E-state index in [1.165, 1.54) is 38.5 Å². The molecule has 0 aliphatic heterocycles. The van der Waals surface area contributed by atoms with E-state index < -0.39 is 5.60 Å². The van der Waals surface area contributed by atoms with Crippen molar-refractivity contribution in [3.8, 4) is 0 Å². The van der Waals surface area contributed by atoms with Crippen LogP contribution in [0.25, 0.3) is 0 Å². The number of amides is 1. The van der Waals surface area contributed by atoms with Gasteiger partial charge in [-0.05, 0) is 37.5 Å². The molecule has 0 heterocycles. The molecule has 2 saturated carbocycles. The first-order valence-electron chi connectivity index (χ1n) is 8.56. The summed E-state index contributed by atoms with van der Waals surface area (Å²) in [4.78, 5) is 12.1. The van der Waals surface area contributed by atoms with Gasteiger partial charge in [-0.1, -0.05) is 45.4 Å². The molecule has 2 fully saturated rings.